The van der Waals surface area contributed by atoms with Gasteiger partial charge in [-0.15, -0.1) is 0 Å². The molecule has 6 heteroatoms. The molecule has 1 atom stereocenters. The summed E-state index contributed by atoms with van der Waals surface area (Å²) in [5, 5.41) is 5.57. The quantitative estimate of drug-likeness (QED) is 0.362. The van der Waals surface area contributed by atoms with Crippen molar-refractivity contribution >= 4 is 11.6 Å². The Balaban J connectivity index is 2.56. The topological polar surface area (TPSA) is 87.1 Å². The monoisotopic (exact) mass is 248 g/mol. The van der Waals surface area contributed by atoms with Gasteiger partial charge >= 0.3 is 0 Å². The summed E-state index contributed by atoms with van der Waals surface area (Å²) >= 11 is 0. The molecule has 96 valence electrons. The van der Waals surface area contributed by atoms with E-state index in [-0.39, 0.29) is 5.91 Å². The smallest absolute Gasteiger partial charge is 0.265 e. The third-order valence-corrected chi connectivity index (χ3v) is 2.37. The van der Waals surface area contributed by atoms with E-state index >= 15 is 0 Å². The molecule has 1 amide bonds. The van der Waals surface area contributed by atoms with E-state index in [1.54, 1.807) is 0 Å². The van der Waals surface area contributed by atoms with Crippen molar-refractivity contribution in [1.29, 1.82) is 0 Å². The number of hydrogen-bond donors (Lipinski definition) is 1. The summed E-state index contributed by atoms with van der Waals surface area (Å²) < 4.78 is 0. The van der Waals surface area contributed by atoms with Crippen LogP contribution in [-0.4, -0.2) is 12.0 Å². The zero-order valence-corrected chi connectivity index (χ0v) is 10.5. The maximum Gasteiger partial charge on any atom is 0.265 e. The summed E-state index contributed by atoms with van der Waals surface area (Å²) in [7, 11) is 0. The lowest BCUT2D eigenvalue weighted by molar-refractivity contribution is -0.126. The molecule has 1 rings (SSSR count). The van der Waals surface area contributed by atoms with Crippen molar-refractivity contribution in [3.8, 4) is 0 Å². The van der Waals surface area contributed by atoms with Gasteiger partial charge in [0.1, 0.15) is 5.28 Å². The lowest BCUT2D eigenvalue weighted by Crippen LogP contribution is -2.26. The first-order valence-electron chi connectivity index (χ1n) is 5.77. The second-order valence-corrected chi connectivity index (χ2v) is 3.85. The second kappa shape index (κ2) is 7.19. The normalized spacial score (nSPS) is 11.2. The van der Waals surface area contributed by atoms with E-state index in [1.165, 1.54) is 12.5 Å². The van der Waals surface area contributed by atoms with E-state index in [4.69, 9.17) is 5.53 Å². The number of nitrogens with one attached hydrogen (secondary N) is 1. The number of amides is 1. The Morgan fingerprint density at radius 3 is 2.72 bits per heavy atom. The van der Waals surface area contributed by atoms with Crippen molar-refractivity contribution < 1.29 is 9.63 Å². The molecule has 1 unspecified atom stereocenters. The lowest BCUT2D eigenvalue weighted by Gasteiger charge is -2.10. The molecule has 0 saturated heterocycles. The van der Waals surface area contributed by atoms with E-state index in [2.05, 4.69) is 27.3 Å². The SMILES string of the molecule is CCCc1ccc(NC(=O)C(C)ON=[N+]=[N-])cc1. The molecule has 1 aromatic carbocycles. The largest absolute Gasteiger partial charge is 0.420 e. The fourth-order valence-corrected chi connectivity index (χ4v) is 1.43. The number of aryl methyl sites for hydroxylation is 1. The molecule has 0 spiro atoms. The Morgan fingerprint density at radius 2 is 2.17 bits per heavy atom. The van der Waals surface area contributed by atoms with Gasteiger partial charge in [-0.2, -0.15) is 0 Å². The minimum absolute atomic E-state index is 0.356. The highest BCUT2D eigenvalue weighted by atomic mass is 16.7. The highest BCUT2D eigenvalue weighted by Crippen LogP contribution is 2.11. The van der Waals surface area contributed by atoms with Gasteiger partial charge in [-0.05, 0) is 36.6 Å². The first-order chi connectivity index (χ1) is 8.67. The molecule has 0 aliphatic heterocycles. The molecule has 0 fully saturated rings. The van der Waals surface area contributed by atoms with Gasteiger partial charge in [0, 0.05) is 10.6 Å². The van der Waals surface area contributed by atoms with Gasteiger partial charge < -0.3 is 10.2 Å². The van der Waals surface area contributed by atoms with E-state index in [0.717, 1.165) is 12.8 Å². The van der Waals surface area contributed by atoms with Crippen molar-refractivity contribution in [3.63, 3.8) is 0 Å². The molecular formula is C12H16N4O2. The van der Waals surface area contributed by atoms with Gasteiger partial charge in [0.15, 0.2) is 6.10 Å². The van der Waals surface area contributed by atoms with Gasteiger partial charge in [-0.1, -0.05) is 25.5 Å². The van der Waals surface area contributed by atoms with Gasteiger partial charge in [-0.25, -0.2) is 0 Å². The maximum absolute atomic E-state index is 11.6. The second-order valence-electron chi connectivity index (χ2n) is 3.85. The summed E-state index contributed by atoms with van der Waals surface area (Å²) in [4.78, 5) is 18.6. The molecular weight excluding hydrogens is 232 g/mol. The number of benzene rings is 1. The standard InChI is InChI=1S/C12H16N4O2/c1-3-4-10-5-7-11(8-6-10)14-12(17)9(2)18-16-15-13/h5-9H,3-4H2,1-2H3,(H,14,17). The predicted molar refractivity (Wildman–Crippen MR) is 68.8 cm³/mol. The van der Waals surface area contributed by atoms with Crippen molar-refractivity contribution in [3.05, 3.63) is 40.3 Å². The summed E-state index contributed by atoms with van der Waals surface area (Å²) in [6.45, 7) is 3.62. The molecule has 0 heterocycles. The van der Waals surface area contributed by atoms with Crippen molar-refractivity contribution in [2.24, 2.45) is 5.28 Å². The highest BCUT2D eigenvalue weighted by Gasteiger charge is 2.13. The van der Waals surface area contributed by atoms with Crippen LogP contribution in [0.5, 0.6) is 0 Å². The van der Waals surface area contributed by atoms with Crippen molar-refractivity contribution in [1.82, 2.24) is 0 Å². The van der Waals surface area contributed by atoms with Crippen LogP contribution in [0.2, 0.25) is 0 Å². The zero-order chi connectivity index (χ0) is 13.4. The van der Waals surface area contributed by atoms with Gasteiger partial charge in [0.25, 0.3) is 5.91 Å². The number of nitrogens with zero attached hydrogens (tertiary/aromatic N) is 3. The van der Waals surface area contributed by atoms with Crippen LogP contribution in [0.25, 0.3) is 10.4 Å². The Morgan fingerprint density at radius 1 is 1.50 bits per heavy atom. The van der Waals surface area contributed by atoms with Crippen molar-refractivity contribution in [2.45, 2.75) is 32.8 Å². The summed E-state index contributed by atoms with van der Waals surface area (Å²) in [6, 6.07) is 7.61. The van der Waals surface area contributed by atoms with Gasteiger partial charge in [-0.3, -0.25) is 4.79 Å². The minimum atomic E-state index is -0.823. The van der Waals surface area contributed by atoms with E-state index in [9.17, 15) is 4.79 Å². The Labute approximate surface area is 106 Å². The molecule has 0 saturated carbocycles. The third kappa shape index (κ3) is 4.35. The first-order valence-corrected chi connectivity index (χ1v) is 5.77. The molecule has 1 N–H and O–H groups in total. The number of rotatable bonds is 6. The van der Waals surface area contributed by atoms with Crippen LogP contribution < -0.4 is 5.32 Å². The molecule has 0 aliphatic carbocycles. The molecule has 0 radical (unpaired) electrons. The number of hydrogen-bond acceptors (Lipinski definition) is 3. The molecule has 1 aromatic rings. The van der Waals surface area contributed by atoms with Crippen LogP contribution in [0.1, 0.15) is 25.8 Å². The van der Waals surface area contributed by atoms with Crippen LogP contribution in [0.15, 0.2) is 29.5 Å². The fourth-order valence-electron chi connectivity index (χ4n) is 1.43. The molecule has 0 bridgehead atoms. The maximum atomic E-state index is 11.6. The molecule has 18 heavy (non-hydrogen) atoms. The van der Waals surface area contributed by atoms with Crippen molar-refractivity contribution in [2.75, 3.05) is 5.32 Å². The Kier molecular flexibility index (Phi) is 5.54. The van der Waals surface area contributed by atoms with Crippen LogP contribution in [0.3, 0.4) is 0 Å². The molecule has 6 nitrogen and oxygen atoms in total. The molecule has 0 aliphatic rings. The van der Waals surface area contributed by atoms with Crippen LogP contribution in [0, 0.1) is 0 Å². The Bertz CT molecular complexity index is 438. The number of anilines is 1. The number of carbonyl (C=O) groups excluding carboxylic acids is 1. The zero-order valence-electron chi connectivity index (χ0n) is 10.5. The van der Waals surface area contributed by atoms with E-state index < -0.39 is 6.10 Å². The van der Waals surface area contributed by atoms with E-state index in [1.807, 2.05) is 24.3 Å². The van der Waals surface area contributed by atoms with E-state index in [0.29, 0.717) is 5.69 Å². The summed E-state index contributed by atoms with van der Waals surface area (Å²) in [5.74, 6) is -0.356. The third-order valence-electron chi connectivity index (χ3n) is 2.37. The highest BCUT2D eigenvalue weighted by molar-refractivity contribution is 5.93. The van der Waals surface area contributed by atoms with Crippen LogP contribution in [0.4, 0.5) is 5.69 Å². The van der Waals surface area contributed by atoms with Gasteiger partial charge in [0.05, 0.1) is 0 Å². The minimum Gasteiger partial charge on any atom is -0.420 e. The average molecular weight is 248 g/mol. The molecule has 0 aromatic heterocycles. The van der Waals surface area contributed by atoms with Gasteiger partial charge in [0.2, 0.25) is 0 Å². The fraction of sp³-hybridized carbons (Fsp3) is 0.417. The number of azide groups is 1. The van der Waals surface area contributed by atoms with Crippen LogP contribution in [-0.2, 0) is 16.1 Å². The first kappa shape index (κ1) is 13.9. The Hall–Kier alpha value is -2.20. The van der Waals surface area contributed by atoms with Crippen LogP contribution >= 0.6 is 0 Å². The lowest BCUT2D eigenvalue weighted by atomic mass is 10.1. The number of carbonyl (C=O) groups is 1. The summed E-state index contributed by atoms with van der Waals surface area (Å²) in [5.41, 5.74) is 9.99. The predicted octanol–water partition coefficient (Wildman–Crippen LogP) is 3.21. The average Bonchev–Trinajstić information content (AvgIpc) is 2.38. The summed E-state index contributed by atoms with van der Waals surface area (Å²) in [6.07, 6.45) is 1.28.